The van der Waals surface area contributed by atoms with Gasteiger partial charge in [-0.2, -0.15) is 13.2 Å². The number of benzene rings is 1. The molecule has 1 rings (SSSR count). The van der Waals surface area contributed by atoms with Crippen molar-refractivity contribution < 1.29 is 22.4 Å². The van der Waals surface area contributed by atoms with Crippen LogP contribution < -0.4 is 11.1 Å². The summed E-state index contributed by atoms with van der Waals surface area (Å²) in [6, 6.07) is 2.17. The van der Waals surface area contributed by atoms with E-state index in [2.05, 4.69) is 5.32 Å². The summed E-state index contributed by atoms with van der Waals surface area (Å²) in [6.45, 7) is 3.81. The quantitative estimate of drug-likeness (QED) is 0.804. The van der Waals surface area contributed by atoms with Gasteiger partial charge in [0.2, 0.25) is 0 Å². The predicted octanol–water partition coefficient (Wildman–Crippen LogP) is 3.51. The van der Waals surface area contributed by atoms with Crippen molar-refractivity contribution in [3.05, 3.63) is 35.1 Å². The lowest BCUT2D eigenvalue weighted by molar-refractivity contribution is -0.140. The van der Waals surface area contributed by atoms with E-state index in [1.807, 2.05) is 13.8 Å². The maximum absolute atomic E-state index is 13.2. The highest BCUT2D eigenvalue weighted by atomic mass is 35.5. The van der Waals surface area contributed by atoms with Crippen LogP contribution in [-0.4, -0.2) is 18.0 Å². The minimum atomic E-state index is -4.85. The number of hydrogen-bond donors (Lipinski definition) is 2. The largest absolute Gasteiger partial charge is 0.419 e. The summed E-state index contributed by atoms with van der Waals surface area (Å²) in [5.74, 6) is -2.11. The van der Waals surface area contributed by atoms with E-state index in [0.29, 0.717) is 25.0 Å². The van der Waals surface area contributed by atoms with E-state index >= 15 is 0 Å². The van der Waals surface area contributed by atoms with Crippen molar-refractivity contribution in [1.82, 2.24) is 5.32 Å². The molecule has 0 spiro atoms. The fraction of sp³-hybridized carbons (Fsp3) is 0.500. The van der Waals surface area contributed by atoms with Gasteiger partial charge in [-0.05, 0) is 31.0 Å². The zero-order valence-electron chi connectivity index (χ0n) is 12.3. The highest BCUT2D eigenvalue weighted by Gasteiger charge is 2.35. The van der Waals surface area contributed by atoms with E-state index in [1.54, 1.807) is 0 Å². The summed E-state index contributed by atoms with van der Waals surface area (Å²) < 4.78 is 51.1. The Morgan fingerprint density at radius 3 is 2.18 bits per heavy atom. The second kappa shape index (κ2) is 7.78. The van der Waals surface area contributed by atoms with Crippen molar-refractivity contribution in [3.8, 4) is 0 Å². The van der Waals surface area contributed by atoms with Crippen molar-refractivity contribution in [2.75, 3.05) is 6.54 Å². The first-order chi connectivity index (χ1) is 9.69. The summed E-state index contributed by atoms with van der Waals surface area (Å²) in [4.78, 5) is 12.1. The van der Waals surface area contributed by atoms with Crippen LogP contribution in [0.25, 0.3) is 0 Å². The molecule has 0 unspecified atom stereocenters. The van der Waals surface area contributed by atoms with Crippen LogP contribution in [0.15, 0.2) is 18.2 Å². The topological polar surface area (TPSA) is 55.1 Å². The molecule has 126 valence electrons. The standard InChI is InChI=1S/C14H18F4N2O.ClH/c1-3-13(4-2,8-19)20-12(21)9-5-6-11(15)10(7-9)14(16,17)18;/h5-7H,3-4,8,19H2,1-2H3,(H,20,21);1H. The lowest BCUT2D eigenvalue weighted by Crippen LogP contribution is -2.52. The molecule has 8 heteroatoms. The maximum atomic E-state index is 13.2. The van der Waals surface area contributed by atoms with E-state index < -0.39 is 29.0 Å². The molecule has 0 fully saturated rings. The second-order valence-corrected chi connectivity index (χ2v) is 4.84. The second-order valence-electron chi connectivity index (χ2n) is 4.84. The predicted molar refractivity (Wildman–Crippen MR) is 78.5 cm³/mol. The molecule has 3 nitrogen and oxygen atoms in total. The Kier molecular flexibility index (Phi) is 7.31. The minimum absolute atomic E-state index is 0. The van der Waals surface area contributed by atoms with Gasteiger partial charge in [-0.15, -0.1) is 12.4 Å². The zero-order valence-corrected chi connectivity index (χ0v) is 13.1. The monoisotopic (exact) mass is 342 g/mol. The van der Waals surface area contributed by atoms with Crippen LogP contribution in [0, 0.1) is 5.82 Å². The number of alkyl halides is 3. The van der Waals surface area contributed by atoms with Crippen LogP contribution in [0.2, 0.25) is 0 Å². The van der Waals surface area contributed by atoms with Gasteiger partial charge in [0.25, 0.3) is 5.91 Å². The Morgan fingerprint density at radius 2 is 1.77 bits per heavy atom. The number of nitrogens with two attached hydrogens (primary N) is 1. The smallest absolute Gasteiger partial charge is 0.345 e. The molecule has 0 radical (unpaired) electrons. The Morgan fingerprint density at radius 1 is 1.23 bits per heavy atom. The molecule has 0 heterocycles. The molecular formula is C14H19ClF4N2O. The maximum Gasteiger partial charge on any atom is 0.419 e. The van der Waals surface area contributed by atoms with Gasteiger partial charge in [-0.25, -0.2) is 4.39 Å². The molecule has 3 N–H and O–H groups in total. The highest BCUT2D eigenvalue weighted by molar-refractivity contribution is 5.95. The number of carbonyl (C=O) groups excluding carboxylic acids is 1. The lowest BCUT2D eigenvalue weighted by Gasteiger charge is -2.31. The summed E-state index contributed by atoms with van der Waals surface area (Å²) >= 11 is 0. The first kappa shape index (κ1) is 20.7. The molecule has 0 atom stereocenters. The lowest BCUT2D eigenvalue weighted by atomic mass is 9.92. The number of carbonyl (C=O) groups is 1. The Balaban J connectivity index is 0.00000441. The third kappa shape index (κ3) is 4.58. The molecule has 0 aromatic heterocycles. The molecule has 0 aliphatic carbocycles. The van der Waals surface area contributed by atoms with Crippen LogP contribution >= 0.6 is 12.4 Å². The summed E-state index contributed by atoms with van der Waals surface area (Å²) in [5, 5.41) is 2.64. The average molecular weight is 343 g/mol. The molecule has 0 aliphatic heterocycles. The van der Waals surface area contributed by atoms with E-state index in [4.69, 9.17) is 5.73 Å². The summed E-state index contributed by atoms with van der Waals surface area (Å²) in [6.07, 6.45) is -3.76. The van der Waals surface area contributed by atoms with E-state index in [0.717, 1.165) is 6.07 Å². The number of nitrogens with one attached hydrogen (secondary N) is 1. The summed E-state index contributed by atoms with van der Waals surface area (Å²) in [5.41, 5.74) is 3.24. The molecule has 1 amide bonds. The van der Waals surface area contributed by atoms with Crippen molar-refractivity contribution >= 4 is 18.3 Å². The van der Waals surface area contributed by atoms with Gasteiger partial charge in [0, 0.05) is 12.1 Å². The third-order valence-corrected chi connectivity index (χ3v) is 3.66. The van der Waals surface area contributed by atoms with Crippen LogP contribution in [0.1, 0.15) is 42.6 Å². The average Bonchev–Trinajstić information content (AvgIpc) is 2.44. The number of rotatable bonds is 5. The molecule has 0 aliphatic rings. The fourth-order valence-corrected chi connectivity index (χ4v) is 1.96. The van der Waals surface area contributed by atoms with Gasteiger partial charge in [-0.1, -0.05) is 13.8 Å². The Hall–Kier alpha value is -1.34. The molecular weight excluding hydrogens is 324 g/mol. The van der Waals surface area contributed by atoms with Gasteiger partial charge < -0.3 is 11.1 Å². The normalized spacial score (nSPS) is 11.8. The summed E-state index contributed by atoms with van der Waals surface area (Å²) in [7, 11) is 0. The number of amides is 1. The van der Waals surface area contributed by atoms with Gasteiger partial charge in [-0.3, -0.25) is 4.79 Å². The van der Waals surface area contributed by atoms with Gasteiger partial charge in [0.1, 0.15) is 5.82 Å². The van der Waals surface area contributed by atoms with Crippen LogP contribution in [-0.2, 0) is 6.18 Å². The number of halogens is 5. The minimum Gasteiger partial charge on any atom is -0.345 e. The van der Waals surface area contributed by atoms with Crippen LogP contribution in [0.3, 0.4) is 0 Å². The Bertz CT molecular complexity index is 508. The van der Waals surface area contributed by atoms with E-state index in [-0.39, 0.29) is 24.5 Å². The van der Waals surface area contributed by atoms with E-state index in [1.165, 1.54) is 0 Å². The van der Waals surface area contributed by atoms with E-state index in [9.17, 15) is 22.4 Å². The van der Waals surface area contributed by atoms with Crippen LogP contribution in [0.4, 0.5) is 17.6 Å². The fourth-order valence-electron chi connectivity index (χ4n) is 1.96. The van der Waals surface area contributed by atoms with Crippen molar-refractivity contribution in [3.63, 3.8) is 0 Å². The first-order valence-corrected chi connectivity index (χ1v) is 6.58. The zero-order chi connectivity index (χ0) is 16.3. The van der Waals surface area contributed by atoms with Crippen molar-refractivity contribution in [1.29, 1.82) is 0 Å². The SMILES string of the molecule is CCC(CC)(CN)NC(=O)c1ccc(F)c(C(F)(F)F)c1.Cl. The Labute approximate surface area is 132 Å². The van der Waals surface area contributed by atoms with Gasteiger partial charge >= 0.3 is 6.18 Å². The number of hydrogen-bond acceptors (Lipinski definition) is 2. The molecule has 1 aromatic rings. The molecule has 22 heavy (non-hydrogen) atoms. The molecule has 0 saturated heterocycles. The van der Waals surface area contributed by atoms with Crippen LogP contribution in [0.5, 0.6) is 0 Å². The first-order valence-electron chi connectivity index (χ1n) is 6.58. The third-order valence-electron chi connectivity index (χ3n) is 3.66. The van der Waals surface area contributed by atoms with Gasteiger partial charge in [0.15, 0.2) is 0 Å². The molecule has 0 saturated carbocycles. The van der Waals surface area contributed by atoms with Crippen molar-refractivity contribution in [2.45, 2.75) is 38.4 Å². The van der Waals surface area contributed by atoms with Gasteiger partial charge in [0.05, 0.1) is 11.1 Å². The highest BCUT2D eigenvalue weighted by Crippen LogP contribution is 2.32. The molecule has 0 bridgehead atoms. The molecule has 1 aromatic carbocycles. The van der Waals surface area contributed by atoms with Crippen molar-refractivity contribution in [2.24, 2.45) is 5.73 Å².